The average Bonchev–Trinajstić information content (AvgIpc) is 2.53. The number of hydrogen-bond donors (Lipinski definition) is 1. The summed E-state index contributed by atoms with van der Waals surface area (Å²) in [5.41, 5.74) is 2.38. The molecule has 1 aliphatic rings. The van der Waals surface area contributed by atoms with E-state index in [1.165, 1.54) is 18.4 Å². The van der Waals surface area contributed by atoms with Crippen LogP contribution in [-0.2, 0) is 6.42 Å². The predicted octanol–water partition coefficient (Wildman–Crippen LogP) is 4.04. The van der Waals surface area contributed by atoms with Crippen molar-refractivity contribution in [3.05, 3.63) is 35.4 Å². The number of aryl methyl sites for hydroxylation is 1. The van der Waals surface area contributed by atoms with Gasteiger partial charge in [0.2, 0.25) is 0 Å². The highest BCUT2D eigenvalue weighted by molar-refractivity contribution is 5.25. The van der Waals surface area contributed by atoms with Crippen LogP contribution >= 0.6 is 0 Å². The average molecular weight is 289 g/mol. The molecule has 118 valence electrons. The Bertz CT molecular complexity index is 418. The van der Waals surface area contributed by atoms with Crippen LogP contribution in [0.2, 0.25) is 0 Å². The molecule has 0 radical (unpaired) electrons. The minimum Gasteiger partial charge on any atom is -0.387 e. The van der Waals surface area contributed by atoms with E-state index in [2.05, 4.69) is 56.9 Å². The van der Waals surface area contributed by atoms with Gasteiger partial charge >= 0.3 is 0 Å². The van der Waals surface area contributed by atoms with Gasteiger partial charge in [0, 0.05) is 6.04 Å². The topological polar surface area (TPSA) is 23.5 Å². The summed E-state index contributed by atoms with van der Waals surface area (Å²) in [6.07, 6.45) is 3.20. The number of hydrogen-bond acceptors (Lipinski definition) is 2. The van der Waals surface area contributed by atoms with Crippen LogP contribution in [0, 0.1) is 11.8 Å². The molecule has 2 atom stereocenters. The predicted molar refractivity (Wildman–Crippen MR) is 89.4 cm³/mol. The quantitative estimate of drug-likeness (QED) is 0.884. The zero-order chi connectivity index (χ0) is 15.4. The number of likely N-dealkylation sites (tertiary alicyclic amines) is 1. The standard InChI is InChI=1S/C19H31NO/c1-5-16-6-8-18(9-7-16)19(21)15(4)20-12-10-17(11-13-20)14(2)3/h6-9,14-15,17,19,21H,5,10-13H2,1-4H3. The van der Waals surface area contributed by atoms with Crippen molar-refractivity contribution in [3.8, 4) is 0 Å². The van der Waals surface area contributed by atoms with Crippen LogP contribution in [0.4, 0.5) is 0 Å². The molecule has 1 aromatic rings. The summed E-state index contributed by atoms with van der Waals surface area (Å²) < 4.78 is 0. The first-order chi connectivity index (χ1) is 10.0. The molecule has 2 heteroatoms. The Balaban J connectivity index is 1.94. The molecule has 1 saturated heterocycles. The number of benzene rings is 1. The largest absolute Gasteiger partial charge is 0.387 e. The van der Waals surface area contributed by atoms with E-state index in [-0.39, 0.29) is 12.1 Å². The van der Waals surface area contributed by atoms with Gasteiger partial charge in [-0.1, -0.05) is 45.0 Å². The molecule has 1 N–H and O–H groups in total. The fourth-order valence-electron chi connectivity index (χ4n) is 3.42. The van der Waals surface area contributed by atoms with Gasteiger partial charge in [-0.2, -0.15) is 0 Å². The first-order valence-electron chi connectivity index (χ1n) is 8.53. The van der Waals surface area contributed by atoms with E-state index >= 15 is 0 Å². The Kier molecular flexibility index (Phi) is 5.83. The number of nitrogens with zero attached hydrogens (tertiary/aromatic N) is 1. The van der Waals surface area contributed by atoms with Gasteiger partial charge in [0.05, 0.1) is 6.10 Å². The molecule has 2 unspecified atom stereocenters. The van der Waals surface area contributed by atoms with Crippen molar-refractivity contribution < 1.29 is 5.11 Å². The Morgan fingerprint density at radius 3 is 2.14 bits per heavy atom. The molecule has 2 rings (SSSR count). The van der Waals surface area contributed by atoms with Crippen molar-refractivity contribution >= 4 is 0 Å². The summed E-state index contributed by atoms with van der Waals surface area (Å²) in [6, 6.07) is 8.64. The molecule has 0 aromatic heterocycles. The van der Waals surface area contributed by atoms with Crippen molar-refractivity contribution in [1.82, 2.24) is 4.90 Å². The highest BCUT2D eigenvalue weighted by Gasteiger charge is 2.28. The maximum absolute atomic E-state index is 10.6. The van der Waals surface area contributed by atoms with E-state index in [0.29, 0.717) is 0 Å². The van der Waals surface area contributed by atoms with Crippen LogP contribution in [0.3, 0.4) is 0 Å². The van der Waals surface area contributed by atoms with Crippen molar-refractivity contribution in [2.45, 2.75) is 59.1 Å². The lowest BCUT2D eigenvalue weighted by Gasteiger charge is -2.39. The Morgan fingerprint density at radius 2 is 1.67 bits per heavy atom. The van der Waals surface area contributed by atoms with Crippen molar-refractivity contribution in [3.63, 3.8) is 0 Å². The normalized spacial score (nSPS) is 20.7. The lowest BCUT2D eigenvalue weighted by Crippen LogP contribution is -2.43. The molecule has 1 aliphatic heterocycles. The maximum atomic E-state index is 10.6. The minimum atomic E-state index is -0.383. The Hall–Kier alpha value is -0.860. The lowest BCUT2D eigenvalue weighted by atomic mass is 9.86. The number of piperidine rings is 1. The molecule has 0 aliphatic carbocycles. The van der Waals surface area contributed by atoms with E-state index in [1.807, 2.05) is 0 Å². The van der Waals surface area contributed by atoms with Crippen LogP contribution < -0.4 is 0 Å². The lowest BCUT2D eigenvalue weighted by molar-refractivity contribution is 0.0322. The summed E-state index contributed by atoms with van der Waals surface area (Å²) in [4.78, 5) is 2.46. The third-order valence-electron chi connectivity index (χ3n) is 5.28. The molecule has 0 saturated carbocycles. The third-order valence-corrected chi connectivity index (χ3v) is 5.28. The van der Waals surface area contributed by atoms with E-state index in [1.54, 1.807) is 0 Å². The van der Waals surface area contributed by atoms with Crippen LogP contribution in [-0.4, -0.2) is 29.1 Å². The molecular formula is C19H31NO. The first-order valence-corrected chi connectivity index (χ1v) is 8.53. The van der Waals surface area contributed by atoms with E-state index < -0.39 is 0 Å². The maximum Gasteiger partial charge on any atom is 0.0942 e. The van der Waals surface area contributed by atoms with Gasteiger partial charge in [0.25, 0.3) is 0 Å². The first kappa shape index (κ1) is 16.5. The molecule has 1 fully saturated rings. The Labute approximate surface area is 130 Å². The molecule has 2 nitrogen and oxygen atoms in total. The second-order valence-corrected chi connectivity index (χ2v) is 6.90. The Morgan fingerprint density at radius 1 is 1.10 bits per heavy atom. The van der Waals surface area contributed by atoms with Gasteiger partial charge in [-0.3, -0.25) is 4.90 Å². The molecule has 0 bridgehead atoms. The van der Waals surface area contributed by atoms with Gasteiger partial charge < -0.3 is 5.11 Å². The summed E-state index contributed by atoms with van der Waals surface area (Å²) in [5.74, 6) is 1.64. The summed E-state index contributed by atoms with van der Waals surface area (Å²) in [6.45, 7) is 11.2. The highest BCUT2D eigenvalue weighted by Crippen LogP contribution is 2.29. The highest BCUT2D eigenvalue weighted by atomic mass is 16.3. The zero-order valence-corrected chi connectivity index (χ0v) is 14.0. The third kappa shape index (κ3) is 4.08. The van der Waals surface area contributed by atoms with Gasteiger partial charge in [0.1, 0.15) is 0 Å². The van der Waals surface area contributed by atoms with Gasteiger partial charge in [-0.25, -0.2) is 0 Å². The number of aliphatic hydroxyl groups excluding tert-OH is 1. The van der Waals surface area contributed by atoms with Crippen LogP contribution in [0.1, 0.15) is 57.8 Å². The van der Waals surface area contributed by atoms with Gasteiger partial charge in [0.15, 0.2) is 0 Å². The van der Waals surface area contributed by atoms with Crippen molar-refractivity contribution in [2.75, 3.05) is 13.1 Å². The zero-order valence-electron chi connectivity index (χ0n) is 14.0. The molecule has 1 heterocycles. The van der Waals surface area contributed by atoms with Crippen molar-refractivity contribution in [2.24, 2.45) is 11.8 Å². The van der Waals surface area contributed by atoms with Crippen LogP contribution in [0.25, 0.3) is 0 Å². The van der Waals surface area contributed by atoms with E-state index in [4.69, 9.17) is 0 Å². The SMILES string of the molecule is CCc1ccc(C(O)C(C)N2CCC(C(C)C)CC2)cc1. The number of rotatable bonds is 5. The fraction of sp³-hybridized carbons (Fsp3) is 0.684. The van der Waals surface area contributed by atoms with E-state index in [0.717, 1.165) is 36.9 Å². The second-order valence-electron chi connectivity index (χ2n) is 6.90. The fourth-order valence-corrected chi connectivity index (χ4v) is 3.42. The summed E-state index contributed by atoms with van der Waals surface area (Å²) in [7, 11) is 0. The summed E-state index contributed by atoms with van der Waals surface area (Å²) in [5, 5.41) is 10.6. The monoisotopic (exact) mass is 289 g/mol. The molecule has 0 spiro atoms. The molecule has 21 heavy (non-hydrogen) atoms. The van der Waals surface area contributed by atoms with E-state index in [9.17, 15) is 5.11 Å². The smallest absolute Gasteiger partial charge is 0.0942 e. The van der Waals surface area contributed by atoms with Crippen LogP contribution in [0.15, 0.2) is 24.3 Å². The molecule has 1 aromatic carbocycles. The molecular weight excluding hydrogens is 258 g/mol. The second kappa shape index (κ2) is 7.42. The van der Waals surface area contributed by atoms with Crippen molar-refractivity contribution in [1.29, 1.82) is 0 Å². The van der Waals surface area contributed by atoms with Gasteiger partial charge in [-0.15, -0.1) is 0 Å². The van der Waals surface area contributed by atoms with Crippen LogP contribution in [0.5, 0.6) is 0 Å². The van der Waals surface area contributed by atoms with Gasteiger partial charge in [-0.05, 0) is 62.2 Å². The number of aliphatic hydroxyl groups is 1. The summed E-state index contributed by atoms with van der Waals surface area (Å²) >= 11 is 0. The molecule has 0 amide bonds. The minimum absolute atomic E-state index is 0.200.